The number of anilines is 1. The molecule has 0 fully saturated rings. The topological polar surface area (TPSA) is 68.0 Å². The number of fused-ring (bicyclic) bond motifs is 2. The second-order valence-corrected chi connectivity index (χ2v) is 8.79. The number of carbonyl (C=O) groups excluding carboxylic acids is 1. The number of methoxy groups -OCH3 is 1. The smallest absolute Gasteiger partial charge is 0.295 e. The predicted octanol–water partition coefficient (Wildman–Crippen LogP) is 5.31. The van der Waals surface area contributed by atoms with Crippen molar-refractivity contribution in [2.75, 3.05) is 45.8 Å². The van der Waals surface area contributed by atoms with Crippen LogP contribution in [0.15, 0.2) is 40.8 Å². The fourth-order valence-corrected chi connectivity index (χ4v) is 4.63. The van der Waals surface area contributed by atoms with Gasteiger partial charge < -0.3 is 18.8 Å². The fraction of sp³-hybridized carbons (Fsp3) is 0.304. The standard InChI is InChI=1S/C23H24ClN3O4S/c1-5-30-17-8-6-7-14-13-18(31-20(14)17)22(28)27(12-11-26(2)3)23-25-19-16(29-4)10-9-15(24)21(19)32-23/h6-10,13H,5,11-12H2,1-4H3. The summed E-state index contributed by atoms with van der Waals surface area (Å²) in [7, 11) is 5.49. The van der Waals surface area contributed by atoms with Gasteiger partial charge in [0.2, 0.25) is 0 Å². The van der Waals surface area contributed by atoms with E-state index in [0.717, 1.165) is 10.1 Å². The van der Waals surface area contributed by atoms with Crippen molar-refractivity contribution in [3.8, 4) is 11.5 Å². The molecule has 0 aliphatic rings. The van der Waals surface area contributed by atoms with E-state index in [1.165, 1.54) is 11.3 Å². The lowest BCUT2D eigenvalue weighted by Gasteiger charge is -2.20. The SMILES string of the molecule is CCOc1cccc2cc(C(=O)N(CCN(C)C)c3nc4c(OC)ccc(Cl)c4s3)oc12. The number of hydrogen-bond acceptors (Lipinski definition) is 7. The van der Waals surface area contributed by atoms with Gasteiger partial charge in [0, 0.05) is 18.5 Å². The molecular weight excluding hydrogens is 450 g/mol. The van der Waals surface area contributed by atoms with Gasteiger partial charge in [0.15, 0.2) is 22.2 Å². The lowest BCUT2D eigenvalue weighted by Crippen LogP contribution is -2.36. The lowest BCUT2D eigenvalue weighted by atomic mass is 10.2. The average molecular weight is 474 g/mol. The molecule has 0 unspecified atom stereocenters. The van der Waals surface area contributed by atoms with Crippen LogP contribution in [-0.2, 0) is 0 Å². The molecule has 32 heavy (non-hydrogen) atoms. The largest absolute Gasteiger partial charge is 0.494 e. The number of likely N-dealkylation sites (N-methyl/N-ethyl adjacent to an activating group) is 1. The summed E-state index contributed by atoms with van der Waals surface area (Å²) in [6.07, 6.45) is 0. The maximum atomic E-state index is 13.6. The van der Waals surface area contributed by atoms with E-state index in [4.69, 9.17) is 30.5 Å². The molecule has 4 rings (SSSR count). The second kappa shape index (κ2) is 9.36. The van der Waals surface area contributed by atoms with Gasteiger partial charge in [-0.25, -0.2) is 4.98 Å². The molecule has 0 aliphatic heterocycles. The molecule has 0 aliphatic carbocycles. The minimum Gasteiger partial charge on any atom is -0.494 e. The van der Waals surface area contributed by atoms with Crippen molar-refractivity contribution in [3.63, 3.8) is 0 Å². The lowest BCUT2D eigenvalue weighted by molar-refractivity contribution is 0.0960. The first-order chi connectivity index (χ1) is 15.4. The van der Waals surface area contributed by atoms with Crippen molar-refractivity contribution in [2.24, 2.45) is 0 Å². The van der Waals surface area contributed by atoms with Crippen molar-refractivity contribution in [1.29, 1.82) is 0 Å². The third-order valence-corrected chi connectivity index (χ3v) is 6.47. The zero-order chi connectivity index (χ0) is 22.8. The van der Waals surface area contributed by atoms with Crippen LogP contribution in [0.1, 0.15) is 17.5 Å². The van der Waals surface area contributed by atoms with Crippen LogP contribution < -0.4 is 14.4 Å². The molecule has 2 aromatic heterocycles. The number of nitrogens with zero attached hydrogens (tertiary/aromatic N) is 3. The third-order valence-electron chi connectivity index (χ3n) is 4.93. The van der Waals surface area contributed by atoms with Crippen LogP contribution in [0, 0.1) is 0 Å². The summed E-state index contributed by atoms with van der Waals surface area (Å²) in [5.74, 6) is 1.17. The Bertz CT molecular complexity index is 1270. The molecule has 0 saturated carbocycles. The zero-order valence-corrected chi connectivity index (χ0v) is 19.9. The number of benzene rings is 2. The number of carbonyl (C=O) groups is 1. The highest BCUT2D eigenvalue weighted by atomic mass is 35.5. The average Bonchev–Trinajstić information content (AvgIpc) is 3.40. The molecule has 0 spiro atoms. The molecule has 0 atom stereocenters. The first-order valence-corrected chi connectivity index (χ1v) is 11.4. The van der Waals surface area contributed by atoms with Crippen LogP contribution in [0.25, 0.3) is 21.2 Å². The van der Waals surface area contributed by atoms with Gasteiger partial charge >= 0.3 is 0 Å². The third kappa shape index (κ3) is 4.26. The molecule has 0 N–H and O–H groups in total. The van der Waals surface area contributed by atoms with E-state index in [1.54, 1.807) is 30.2 Å². The highest BCUT2D eigenvalue weighted by Crippen LogP contribution is 2.39. The van der Waals surface area contributed by atoms with Gasteiger partial charge in [0.25, 0.3) is 5.91 Å². The number of thiazole rings is 1. The van der Waals surface area contributed by atoms with E-state index >= 15 is 0 Å². The summed E-state index contributed by atoms with van der Waals surface area (Å²) < 4.78 is 17.8. The van der Waals surface area contributed by atoms with Crippen LogP contribution in [-0.4, -0.2) is 56.7 Å². The number of aromatic nitrogens is 1. The number of halogens is 1. The minimum atomic E-state index is -0.278. The first-order valence-electron chi connectivity index (χ1n) is 10.2. The van der Waals surface area contributed by atoms with Gasteiger partial charge in [-0.2, -0.15) is 0 Å². The Morgan fingerprint density at radius 2 is 2.00 bits per heavy atom. The first kappa shape index (κ1) is 22.4. The van der Waals surface area contributed by atoms with Crippen LogP contribution in [0.4, 0.5) is 5.13 Å². The van der Waals surface area contributed by atoms with Gasteiger partial charge in [0.05, 0.1) is 23.4 Å². The normalized spacial score (nSPS) is 11.4. The Kier molecular flexibility index (Phi) is 6.55. The molecule has 9 heteroatoms. The monoisotopic (exact) mass is 473 g/mol. The van der Waals surface area contributed by atoms with E-state index in [2.05, 4.69) is 0 Å². The number of hydrogen-bond donors (Lipinski definition) is 0. The molecule has 7 nitrogen and oxygen atoms in total. The van der Waals surface area contributed by atoms with Gasteiger partial charge in [-0.3, -0.25) is 9.69 Å². The summed E-state index contributed by atoms with van der Waals surface area (Å²) >= 11 is 7.75. The Balaban J connectivity index is 1.78. The van der Waals surface area contributed by atoms with E-state index in [9.17, 15) is 4.79 Å². The highest BCUT2D eigenvalue weighted by molar-refractivity contribution is 7.23. The van der Waals surface area contributed by atoms with Crippen molar-refractivity contribution in [1.82, 2.24) is 9.88 Å². The van der Waals surface area contributed by atoms with Crippen molar-refractivity contribution in [3.05, 3.63) is 47.2 Å². The minimum absolute atomic E-state index is 0.225. The van der Waals surface area contributed by atoms with Gasteiger partial charge in [0.1, 0.15) is 11.3 Å². The maximum Gasteiger partial charge on any atom is 0.295 e. The molecule has 0 bridgehead atoms. The second-order valence-electron chi connectivity index (χ2n) is 7.40. The Morgan fingerprint density at radius 3 is 2.72 bits per heavy atom. The van der Waals surface area contributed by atoms with Gasteiger partial charge in [-0.15, -0.1) is 0 Å². The number of furan rings is 1. The molecule has 0 saturated heterocycles. The molecule has 1 amide bonds. The number of rotatable bonds is 8. The zero-order valence-electron chi connectivity index (χ0n) is 18.3. The number of para-hydroxylation sites is 1. The number of ether oxygens (including phenoxy) is 2. The van der Waals surface area contributed by atoms with Crippen LogP contribution in [0.3, 0.4) is 0 Å². The summed E-state index contributed by atoms with van der Waals surface area (Å²) in [6.45, 7) is 3.49. The van der Waals surface area contributed by atoms with Crippen LogP contribution >= 0.6 is 22.9 Å². The molecule has 2 heterocycles. The number of amides is 1. The van der Waals surface area contributed by atoms with Crippen molar-refractivity contribution < 1.29 is 18.7 Å². The Hall–Kier alpha value is -2.81. The summed E-state index contributed by atoms with van der Waals surface area (Å²) in [5, 5.41) is 1.90. The van der Waals surface area contributed by atoms with Crippen molar-refractivity contribution in [2.45, 2.75) is 6.92 Å². The Morgan fingerprint density at radius 1 is 1.19 bits per heavy atom. The van der Waals surface area contributed by atoms with E-state index < -0.39 is 0 Å². The van der Waals surface area contributed by atoms with Gasteiger partial charge in [-0.05, 0) is 45.3 Å². The maximum absolute atomic E-state index is 13.6. The molecule has 168 valence electrons. The van der Waals surface area contributed by atoms with Crippen molar-refractivity contribution >= 4 is 55.2 Å². The van der Waals surface area contributed by atoms with Crippen LogP contribution in [0.5, 0.6) is 11.5 Å². The summed E-state index contributed by atoms with van der Waals surface area (Å²) in [5.41, 5.74) is 1.19. The molecule has 0 radical (unpaired) electrons. The quantitative estimate of drug-likeness (QED) is 0.345. The fourth-order valence-electron chi connectivity index (χ4n) is 3.35. The molecular formula is C23H24ClN3O4S. The van der Waals surface area contributed by atoms with Crippen LogP contribution in [0.2, 0.25) is 5.02 Å². The van der Waals surface area contributed by atoms with E-state index in [1.807, 2.05) is 44.1 Å². The predicted molar refractivity (Wildman–Crippen MR) is 129 cm³/mol. The highest BCUT2D eigenvalue weighted by Gasteiger charge is 2.26. The molecule has 4 aromatic rings. The Labute approximate surface area is 195 Å². The van der Waals surface area contributed by atoms with E-state index in [-0.39, 0.29) is 11.7 Å². The summed E-state index contributed by atoms with van der Waals surface area (Å²) in [4.78, 5) is 21.9. The van der Waals surface area contributed by atoms with E-state index in [0.29, 0.717) is 52.4 Å². The molecule has 2 aromatic carbocycles. The van der Waals surface area contributed by atoms with Gasteiger partial charge in [-0.1, -0.05) is 35.1 Å². The summed E-state index contributed by atoms with van der Waals surface area (Å²) in [6, 6.07) is 10.9.